The van der Waals surface area contributed by atoms with Gasteiger partial charge in [0.25, 0.3) is 0 Å². The molecule has 0 unspecified atom stereocenters. The van der Waals surface area contributed by atoms with E-state index in [0.29, 0.717) is 5.56 Å². The lowest BCUT2D eigenvalue weighted by Crippen LogP contribution is -2.32. The van der Waals surface area contributed by atoms with Gasteiger partial charge in [-0.05, 0) is 24.1 Å². The highest BCUT2D eigenvalue weighted by molar-refractivity contribution is 6.30. The zero-order chi connectivity index (χ0) is 10.7. The monoisotopic (exact) mass is 217 g/mol. The molecule has 0 saturated heterocycles. The largest absolute Gasteiger partial charge is 0.480 e. The zero-order valence-corrected chi connectivity index (χ0v) is 7.96. The van der Waals surface area contributed by atoms with Crippen LogP contribution in [0.25, 0.3) is 0 Å². The van der Waals surface area contributed by atoms with Gasteiger partial charge in [-0.3, -0.25) is 4.79 Å². The molecule has 0 aliphatic heterocycles. The summed E-state index contributed by atoms with van der Waals surface area (Å²) in [5.74, 6) is -1.62. The van der Waals surface area contributed by atoms with Crippen LogP contribution < -0.4 is 5.73 Å². The molecular weight excluding hydrogens is 209 g/mol. The van der Waals surface area contributed by atoms with Crippen molar-refractivity contribution in [2.24, 2.45) is 5.73 Å². The number of rotatable bonds is 3. The van der Waals surface area contributed by atoms with Gasteiger partial charge in [0.2, 0.25) is 0 Å². The molecule has 0 aliphatic carbocycles. The van der Waals surface area contributed by atoms with Crippen molar-refractivity contribution in [3.8, 4) is 0 Å². The summed E-state index contributed by atoms with van der Waals surface area (Å²) in [7, 11) is 0. The summed E-state index contributed by atoms with van der Waals surface area (Å²) in [5.41, 5.74) is 5.90. The molecule has 0 aliphatic rings. The van der Waals surface area contributed by atoms with Crippen molar-refractivity contribution in [1.82, 2.24) is 0 Å². The lowest BCUT2D eigenvalue weighted by molar-refractivity contribution is -0.138. The molecule has 1 aromatic rings. The highest BCUT2D eigenvalue weighted by Gasteiger charge is 2.12. The Balaban J connectivity index is 2.78. The summed E-state index contributed by atoms with van der Waals surface area (Å²) >= 11 is 5.51. The van der Waals surface area contributed by atoms with Crippen LogP contribution in [0, 0.1) is 5.82 Å². The lowest BCUT2D eigenvalue weighted by Gasteiger charge is -2.06. The SMILES string of the molecule is N[C@@H](Cc1ccc(F)c(Cl)c1)C(=O)O. The Morgan fingerprint density at radius 3 is 2.79 bits per heavy atom. The number of benzene rings is 1. The summed E-state index contributed by atoms with van der Waals surface area (Å²) in [4.78, 5) is 10.4. The Hall–Kier alpha value is -1.13. The fourth-order valence-corrected chi connectivity index (χ4v) is 1.21. The summed E-state index contributed by atoms with van der Waals surface area (Å²) in [6, 6.07) is 3.03. The van der Waals surface area contributed by atoms with Gasteiger partial charge in [-0.15, -0.1) is 0 Å². The Labute approximate surface area is 85.3 Å². The molecule has 0 bridgehead atoms. The summed E-state index contributed by atoms with van der Waals surface area (Å²) in [6.07, 6.45) is 0.134. The van der Waals surface area contributed by atoms with E-state index in [4.69, 9.17) is 22.4 Å². The topological polar surface area (TPSA) is 63.3 Å². The van der Waals surface area contributed by atoms with E-state index in [1.54, 1.807) is 0 Å². The van der Waals surface area contributed by atoms with Crippen LogP contribution in [0.3, 0.4) is 0 Å². The second-order valence-electron chi connectivity index (χ2n) is 2.90. The van der Waals surface area contributed by atoms with Crippen molar-refractivity contribution in [3.63, 3.8) is 0 Å². The summed E-state index contributed by atoms with van der Waals surface area (Å²) in [6.45, 7) is 0. The third-order valence-corrected chi connectivity index (χ3v) is 2.05. The van der Waals surface area contributed by atoms with Crippen molar-refractivity contribution in [1.29, 1.82) is 0 Å². The Morgan fingerprint density at radius 2 is 2.29 bits per heavy atom. The first-order valence-electron chi connectivity index (χ1n) is 3.93. The fourth-order valence-electron chi connectivity index (χ4n) is 1.01. The number of nitrogens with two attached hydrogens (primary N) is 1. The Bertz CT molecular complexity index is 357. The van der Waals surface area contributed by atoms with E-state index in [2.05, 4.69) is 0 Å². The molecule has 3 nitrogen and oxygen atoms in total. The van der Waals surface area contributed by atoms with E-state index in [1.807, 2.05) is 0 Å². The van der Waals surface area contributed by atoms with Gasteiger partial charge in [0.05, 0.1) is 5.02 Å². The standard InChI is InChI=1S/C9H9ClFNO2/c10-6-3-5(1-2-7(6)11)4-8(12)9(13)14/h1-3,8H,4,12H2,(H,13,14)/t8-/m0/s1. The van der Waals surface area contributed by atoms with Crippen molar-refractivity contribution >= 4 is 17.6 Å². The maximum atomic E-state index is 12.7. The van der Waals surface area contributed by atoms with Gasteiger partial charge < -0.3 is 10.8 Å². The number of carboxylic acids is 1. The molecule has 5 heteroatoms. The van der Waals surface area contributed by atoms with Crippen LogP contribution in [-0.2, 0) is 11.2 Å². The minimum Gasteiger partial charge on any atom is -0.480 e. The minimum absolute atomic E-state index is 0.0277. The van der Waals surface area contributed by atoms with Crippen LogP contribution in [0.5, 0.6) is 0 Å². The van der Waals surface area contributed by atoms with E-state index in [-0.39, 0.29) is 11.4 Å². The predicted molar refractivity (Wildman–Crippen MR) is 50.7 cm³/mol. The van der Waals surface area contributed by atoms with Crippen molar-refractivity contribution in [2.75, 3.05) is 0 Å². The molecule has 1 aromatic carbocycles. The average molecular weight is 218 g/mol. The smallest absolute Gasteiger partial charge is 0.320 e. The molecular formula is C9H9ClFNO2. The minimum atomic E-state index is -1.09. The molecule has 0 saturated carbocycles. The van der Waals surface area contributed by atoms with E-state index < -0.39 is 17.8 Å². The molecule has 1 rings (SSSR count). The van der Waals surface area contributed by atoms with Crippen molar-refractivity contribution in [3.05, 3.63) is 34.6 Å². The van der Waals surface area contributed by atoms with Crippen LogP contribution in [0.1, 0.15) is 5.56 Å². The third kappa shape index (κ3) is 2.68. The van der Waals surface area contributed by atoms with Crippen LogP contribution in [0.15, 0.2) is 18.2 Å². The van der Waals surface area contributed by atoms with Crippen molar-refractivity contribution in [2.45, 2.75) is 12.5 Å². The van der Waals surface area contributed by atoms with Gasteiger partial charge >= 0.3 is 5.97 Å². The van der Waals surface area contributed by atoms with E-state index in [1.165, 1.54) is 18.2 Å². The maximum Gasteiger partial charge on any atom is 0.320 e. The Morgan fingerprint density at radius 1 is 1.64 bits per heavy atom. The van der Waals surface area contributed by atoms with E-state index >= 15 is 0 Å². The van der Waals surface area contributed by atoms with Crippen LogP contribution in [0.4, 0.5) is 4.39 Å². The molecule has 0 aromatic heterocycles. The summed E-state index contributed by atoms with van der Waals surface area (Å²) in [5, 5.41) is 8.51. The average Bonchev–Trinajstić information content (AvgIpc) is 2.11. The van der Waals surface area contributed by atoms with Gasteiger partial charge in [0.15, 0.2) is 0 Å². The maximum absolute atomic E-state index is 12.7. The first-order chi connectivity index (χ1) is 6.50. The lowest BCUT2D eigenvalue weighted by atomic mass is 10.1. The number of aliphatic carboxylic acids is 1. The molecule has 14 heavy (non-hydrogen) atoms. The van der Waals surface area contributed by atoms with Gasteiger partial charge in [0, 0.05) is 0 Å². The predicted octanol–water partition coefficient (Wildman–Crippen LogP) is 1.43. The first-order valence-corrected chi connectivity index (χ1v) is 4.31. The number of carbonyl (C=O) groups is 1. The van der Waals surface area contributed by atoms with Gasteiger partial charge in [-0.1, -0.05) is 17.7 Å². The molecule has 0 radical (unpaired) electrons. The normalized spacial score (nSPS) is 12.5. The van der Waals surface area contributed by atoms with Crippen LogP contribution in [0.2, 0.25) is 5.02 Å². The molecule has 0 heterocycles. The molecule has 1 atom stereocenters. The third-order valence-electron chi connectivity index (χ3n) is 1.76. The molecule has 0 spiro atoms. The summed E-state index contributed by atoms with van der Waals surface area (Å²) < 4.78 is 12.7. The van der Waals surface area contributed by atoms with E-state index in [0.717, 1.165) is 0 Å². The van der Waals surface area contributed by atoms with Crippen LogP contribution >= 0.6 is 11.6 Å². The quantitative estimate of drug-likeness (QED) is 0.805. The number of halogens is 2. The van der Waals surface area contributed by atoms with Crippen molar-refractivity contribution < 1.29 is 14.3 Å². The molecule has 0 fully saturated rings. The fraction of sp³-hybridized carbons (Fsp3) is 0.222. The van der Waals surface area contributed by atoms with Gasteiger partial charge in [-0.25, -0.2) is 4.39 Å². The molecule has 3 N–H and O–H groups in total. The Kier molecular flexibility index (Phi) is 3.43. The number of hydrogen-bond donors (Lipinski definition) is 2. The zero-order valence-electron chi connectivity index (χ0n) is 7.21. The molecule has 76 valence electrons. The molecule has 0 amide bonds. The van der Waals surface area contributed by atoms with Crippen LogP contribution in [-0.4, -0.2) is 17.1 Å². The van der Waals surface area contributed by atoms with Gasteiger partial charge in [0.1, 0.15) is 11.9 Å². The number of carboxylic acid groups (broad SMARTS) is 1. The highest BCUT2D eigenvalue weighted by atomic mass is 35.5. The highest BCUT2D eigenvalue weighted by Crippen LogP contribution is 2.16. The van der Waals surface area contributed by atoms with Gasteiger partial charge in [-0.2, -0.15) is 0 Å². The number of hydrogen-bond acceptors (Lipinski definition) is 2. The first kappa shape index (κ1) is 10.9. The van der Waals surface area contributed by atoms with E-state index in [9.17, 15) is 9.18 Å². The second kappa shape index (κ2) is 4.39. The second-order valence-corrected chi connectivity index (χ2v) is 3.30.